The van der Waals surface area contributed by atoms with Gasteiger partial charge < -0.3 is 39.9 Å². The number of carboxylic acid groups (broad SMARTS) is 3. The van der Waals surface area contributed by atoms with Crippen molar-refractivity contribution in [3.05, 3.63) is 111 Å². The SMILES string of the molecule is CN(C)C(=O)COc1ccccc1C1CCN(CC[C@H](CN(C)C(=O)c2cc(C#N)cc3ccccc23)c2ccc(Cl)c(Cl)c2)CC1.O=C(O)CC(O)(CC(=O)O)C(=O)O. The number of amides is 2. The first kappa shape index (κ1) is 47.0. The number of nitrogens with zero attached hydrogens (tertiary/aromatic N) is 4. The fraction of sp³-hybridized carbons (Fsp3) is 0.364. The first-order chi connectivity index (χ1) is 28.4. The van der Waals surface area contributed by atoms with Crippen molar-refractivity contribution in [2.45, 2.75) is 49.5 Å². The number of piperidine rings is 1. The van der Waals surface area contributed by atoms with Gasteiger partial charge in [-0.15, -0.1) is 0 Å². The van der Waals surface area contributed by atoms with E-state index in [1.807, 2.05) is 73.8 Å². The summed E-state index contributed by atoms with van der Waals surface area (Å²) in [6.45, 7) is 3.24. The Morgan fingerprint density at radius 2 is 1.52 bits per heavy atom. The number of aliphatic hydroxyl groups is 1. The van der Waals surface area contributed by atoms with E-state index in [9.17, 15) is 29.2 Å². The number of ether oxygens (including phenoxy) is 1. The third-order valence-electron chi connectivity index (χ3n) is 10.4. The Morgan fingerprint density at radius 1 is 0.883 bits per heavy atom. The van der Waals surface area contributed by atoms with Crippen molar-refractivity contribution in [1.29, 1.82) is 5.26 Å². The van der Waals surface area contributed by atoms with E-state index in [1.165, 1.54) is 4.90 Å². The number of hydrogen-bond donors (Lipinski definition) is 4. The van der Waals surface area contributed by atoms with Gasteiger partial charge in [0.1, 0.15) is 5.75 Å². The molecule has 4 aromatic rings. The Hall–Kier alpha value is -5.72. The highest BCUT2D eigenvalue weighted by molar-refractivity contribution is 6.42. The van der Waals surface area contributed by atoms with E-state index in [2.05, 4.69) is 17.0 Å². The molecule has 0 bridgehead atoms. The molecule has 0 radical (unpaired) electrons. The Kier molecular flexibility index (Phi) is 16.8. The molecule has 2 amide bonds. The molecule has 1 aliphatic heterocycles. The van der Waals surface area contributed by atoms with Crippen LogP contribution in [0.2, 0.25) is 10.0 Å². The van der Waals surface area contributed by atoms with Gasteiger partial charge in [-0.2, -0.15) is 5.26 Å². The second-order valence-electron chi connectivity index (χ2n) is 14.9. The minimum atomic E-state index is -2.74. The van der Waals surface area contributed by atoms with Crippen LogP contribution >= 0.6 is 23.2 Å². The fourth-order valence-electron chi connectivity index (χ4n) is 7.04. The molecule has 0 unspecified atom stereocenters. The lowest BCUT2D eigenvalue weighted by Gasteiger charge is -2.34. The molecular formula is C44H48Cl2N4O10. The molecule has 0 spiro atoms. The first-order valence-corrected chi connectivity index (χ1v) is 19.8. The third kappa shape index (κ3) is 12.9. The Labute approximate surface area is 358 Å². The van der Waals surface area contributed by atoms with Crippen LogP contribution in [0.25, 0.3) is 10.8 Å². The van der Waals surface area contributed by atoms with Crippen molar-refractivity contribution in [3.63, 3.8) is 0 Å². The lowest BCUT2D eigenvalue weighted by atomic mass is 9.88. The molecular weight excluding hydrogens is 815 g/mol. The van der Waals surface area contributed by atoms with Gasteiger partial charge in [0, 0.05) is 39.2 Å². The number of fused-ring (bicyclic) bond motifs is 1. The van der Waals surface area contributed by atoms with Gasteiger partial charge in [0.25, 0.3) is 11.8 Å². The number of rotatable bonds is 16. The summed E-state index contributed by atoms with van der Waals surface area (Å²) < 4.78 is 5.94. The van der Waals surface area contributed by atoms with E-state index >= 15 is 0 Å². The molecule has 0 saturated carbocycles. The Balaban J connectivity index is 0.000000526. The molecule has 0 aliphatic carbocycles. The molecule has 16 heteroatoms. The lowest BCUT2D eigenvalue weighted by molar-refractivity contribution is -0.170. The number of carbonyl (C=O) groups is 5. The third-order valence-corrected chi connectivity index (χ3v) is 11.1. The normalized spacial score (nSPS) is 13.6. The predicted octanol–water partition coefficient (Wildman–Crippen LogP) is 6.36. The van der Waals surface area contributed by atoms with E-state index < -0.39 is 36.4 Å². The van der Waals surface area contributed by atoms with Crippen LogP contribution in [0.1, 0.15) is 71.0 Å². The molecule has 1 atom stereocenters. The summed E-state index contributed by atoms with van der Waals surface area (Å²) in [4.78, 5) is 62.2. The molecule has 318 valence electrons. The smallest absolute Gasteiger partial charge is 0.336 e. The monoisotopic (exact) mass is 862 g/mol. The molecule has 1 aliphatic rings. The number of carbonyl (C=O) groups excluding carboxylic acids is 2. The number of halogens is 2. The number of likely N-dealkylation sites (tertiary alicyclic amines) is 1. The van der Waals surface area contributed by atoms with Crippen LogP contribution in [0.3, 0.4) is 0 Å². The maximum atomic E-state index is 13.9. The van der Waals surface area contributed by atoms with Crippen molar-refractivity contribution < 1.29 is 49.1 Å². The van der Waals surface area contributed by atoms with E-state index in [-0.39, 0.29) is 24.3 Å². The van der Waals surface area contributed by atoms with E-state index in [0.29, 0.717) is 33.6 Å². The summed E-state index contributed by atoms with van der Waals surface area (Å²) >= 11 is 12.7. The Morgan fingerprint density at radius 3 is 2.12 bits per heavy atom. The van der Waals surface area contributed by atoms with Gasteiger partial charge in [0.2, 0.25) is 0 Å². The van der Waals surface area contributed by atoms with Crippen LogP contribution in [-0.4, -0.2) is 124 Å². The molecule has 5 rings (SSSR count). The number of benzene rings is 4. The summed E-state index contributed by atoms with van der Waals surface area (Å²) in [5.41, 5.74) is 0.425. The zero-order chi connectivity index (χ0) is 44.1. The van der Waals surface area contributed by atoms with Crippen LogP contribution in [0.5, 0.6) is 5.75 Å². The maximum absolute atomic E-state index is 13.9. The fourth-order valence-corrected chi connectivity index (χ4v) is 7.35. The van der Waals surface area contributed by atoms with Crippen LogP contribution in [0, 0.1) is 11.3 Å². The first-order valence-electron chi connectivity index (χ1n) is 19.1. The highest BCUT2D eigenvalue weighted by Crippen LogP contribution is 2.35. The van der Waals surface area contributed by atoms with Gasteiger partial charge in [-0.25, -0.2) is 4.79 Å². The number of likely N-dealkylation sites (N-methyl/N-ethyl adjacent to an activating group) is 2. The van der Waals surface area contributed by atoms with Gasteiger partial charge in [-0.3, -0.25) is 19.2 Å². The molecule has 1 saturated heterocycles. The second-order valence-corrected chi connectivity index (χ2v) is 15.7. The van der Waals surface area contributed by atoms with E-state index in [0.717, 1.165) is 66.5 Å². The molecule has 4 N–H and O–H groups in total. The topological polar surface area (TPSA) is 209 Å². The van der Waals surface area contributed by atoms with E-state index in [1.54, 1.807) is 25.1 Å². The summed E-state index contributed by atoms with van der Waals surface area (Å²) in [5.74, 6) is -4.06. The van der Waals surface area contributed by atoms with Crippen LogP contribution in [0.15, 0.2) is 78.9 Å². The predicted molar refractivity (Wildman–Crippen MR) is 226 cm³/mol. The zero-order valence-corrected chi connectivity index (χ0v) is 35.0. The van der Waals surface area contributed by atoms with Gasteiger partial charge >= 0.3 is 17.9 Å². The highest BCUT2D eigenvalue weighted by Gasteiger charge is 2.40. The average molecular weight is 864 g/mol. The maximum Gasteiger partial charge on any atom is 0.336 e. The van der Waals surface area contributed by atoms with Crippen molar-refractivity contribution in [1.82, 2.24) is 14.7 Å². The average Bonchev–Trinajstić information content (AvgIpc) is 3.21. The summed E-state index contributed by atoms with van der Waals surface area (Å²) in [6, 6.07) is 27.1. The minimum Gasteiger partial charge on any atom is -0.483 e. The molecule has 1 fully saturated rings. The summed E-state index contributed by atoms with van der Waals surface area (Å²) in [7, 11) is 5.27. The van der Waals surface area contributed by atoms with Crippen LogP contribution in [-0.2, 0) is 19.2 Å². The standard InChI is InChI=1S/C38H40Cl2N4O3.C6H8O7/c1-42(2)37(45)25-47-36-11-7-6-10-32(36)27-14-17-44(18-15-27)19-16-30(28-12-13-34(39)35(40)22-28)24-43(3)38(46)33-21-26(23-41)20-29-8-4-5-9-31(29)33;7-3(8)1-6(13,5(11)12)2-4(9)10/h4-13,20-22,27,30H,14-19,24-25H2,1-3H3;13H,1-2H2,(H,7,8)(H,9,10)(H,11,12)/t30-;/m1./s1. The van der Waals surface area contributed by atoms with Crippen LogP contribution in [0.4, 0.5) is 0 Å². The molecule has 14 nitrogen and oxygen atoms in total. The summed E-state index contributed by atoms with van der Waals surface area (Å²) in [5, 5.41) is 46.1. The number of nitriles is 1. The number of carboxylic acids is 3. The van der Waals surface area contributed by atoms with Gasteiger partial charge in [-0.1, -0.05) is 71.7 Å². The molecule has 0 aromatic heterocycles. The number of hydrogen-bond acceptors (Lipinski definition) is 9. The van der Waals surface area contributed by atoms with Crippen molar-refractivity contribution >= 4 is 63.7 Å². The quantitative estimate of drug-likeness (QED) is 0.0970. The summed E-state index contributed by atoms with van der Waals surface area (Å²) in [6.07, 6.45) is 0.509. The lowest BCUT2D eigenvalue weighted by Crippen LogP contribution is -2.42. The van der Waals surface area contributed by atoms with Gasteiger partial charge in [0.05, 0.1) is 34.5 Å². The Bertz CT molecular complexity index is 2220. The van der Waals surface area contributed by atoms with Gasteiger partial charge in [0.15, 0.2) is 12.2 Å². The van der Waals surface area contributed by atoms with Crippen molar-refractivity contribution in [2.75, 3.05) is 53.9 Å². The van der Waals surface area contributed by atoms with Gasteiger partial charge in [-0.05, 0) is 97.0 Å². The molecule has 60 heavy (non-hydrogen) atoms. The van der Waals surface area contributed by atoms with Crippen molar-refractivity contribution in [2.24, 2.45) is 0 Å². The largest absolute Gasteiger partial charge is 0.483 e. The number of para-hydroxylation sites is 1. The van der Waals surface area contributed by atoms with E-state index in [4.69, 9.17) is 48.4 Å². The molecule has 4 aromatic carbocycles. The minimum absolute atomic E-state index is 0.0187. The van der Waals surface area contributed by atoms with Crippen LogP contribution < -0.4 is 4.74 Å². The zero-order valence-electron chi connectivity index (χ0n) is 33.5. The number of aliphatic carboxylic acids is 3. The second kappa shape index (κ2) is 21.5. The van der Waals surface area contributed by atoms with Crippen molar-refractivity contribution in [3.8, 4) is 11.8 Å². The highest BCUT2D eigenvalue weighted by atomic mass is 35.5. The molecule has 1 heterocycles.